The van der Waals surface area contributed by atoms with Gasteiger partial charge < -0.3 is 19.5 Å². The Kier molecular flexibility index (Phi) is 5.38. The number of carbonyl (C=O) groups excluding carboxylic acids is 1. The number of hydrogen-bond acceptors (Lipinski definition) is 4. The van der Waals surface area contributed by atoms with Crippen molar-refractivity contribution in [3.8, 4) is 0 Å². The number of hydrogen-bond donors (Lipinski definition) is 2. The number of carbonyl (C=O) groups is 1. The molecular weight excluding hydrogens is 350 g/mol. The van der Waals surface area contributed by atoms with Crippen LogP contribution in [0.25, 0.3) is 0 Å². The Hall–Kier alpha value is -1.31. The number of amides is 1. The number of quaternary nitrogens is 1. The molecule has 1 unspecified atom stereocenters. The van der Waals surface area contributed by atoms with Gasteiger partial charge in [-0.05, 0) is 24.8 Å². The molecule has 7 heteroatoms. The first-order chi connectivity index (χ1) is 12.7. The van der Waals surface area contributed by atoms with E-state index >= 15 is 0 Å². The zero-order valence-electron chi connectivity index (χ0n) is 15.3. The summed E-state index contributed by atoms with van der Waals surface area (Å²) in [5, 5.41) is 2.78. The number of thioether (sulfide) groups is 1. The molecule has 2 bridgehead atoms. The molecule has 3 aliphatic heterocycles. The van der Waals surface area contributed by atoms with Gasteiger partial charge in [-0.2, -0.15) is 11.8 Å². The molecule has 6 nitrogen and oxygen atoms in total. The molecule has 2 fully saturated rings. The molecular formula is C19H28N3O3S+. The van der Waals surface area contributed by atoms with Gasteiger partial charge in [0.15, 0.2) is 0 Å². The van der Waals surface area contributed by atoms with E-state index in [9.17, 15) is 9.59 Å². The third kappa shape index (κ3) is 3.57. The summed E-state index contributed by atoms with van der Waals surface area (Å²) in [6, 6.07) is 4.57. The number of fused-ring (bicyclic) bond motifs is 4. The number of ether oxygens (including phenoxy) is 1. The molecule has 2 N–H and O–H groups in total. The van der Waals surface area contributed by atoms with Gasteiger partial charge in [-0.25, -0.2) is 0 Å². The van der Waals surface area contributed by atoms with E-state index in [4.69, 9.17) is 4.74 Å². The lowest BCUT2D eigenvalue weighted by atomic mass is 9.82. The van der Waals surface area contributed by atoms with Crippen molar-refractivity contribution in [2.24, 2.45) is 5.92 Å². The summed E-state index contributed by atoms with van der Waals surface area (Å²) >= 11 is 1.46. The SMILES string of the molecule is CSCC(=O)Nc1ccc2n(c1=O)C[C@H]1C[C@@H]2C[NH+](C2CCOCC2)C1. The molecule has 142 valence electrons. The summed E-state index contributed by atoms with van der Waals surface area (Å²) in [5.41, 5.74) is 1.53. The third-order valence-electron chi connectivity index (χ3n) is 6.09. The van der Waals surface area contributed by atoms with Crippen molar-refractivity contribution in [2.45, 2.75) is 37.8 Å². The van der Waals surface area contributed by atoms with E-state index < -0.39 is 0 Å². The molecule has 2 saturated heterocycles. The van der Waals surface area contributed by atoms with E-state index in [1.807, 2.05) is 10.8 Å². The molecule has 1 aromatic rings. The quantitative estimate of drug-likeness (QED) is 0.793. The second-order valence-electron chi connectivity index (χ2n) is 7.82. The minimum Gasteiger partial charge on any atom is -0.381 e. The predicted molar refractivity (Wildman–Crippen MR) is 103 cm³/mol. The zero-order valence-corrected chi connectivity index (χ0v) is 16.1. The third-order valence-corrected chi connectivity index (χ3v) is 6.64. The Bertz CT molecular complexity index is 729. The van der Waals surface area contributed by atoms with Crippen LogP contribution in [0.1, 0.15) is 30.9 Å². The molecule has 3 aliphatic rings. The largest absolute Gasteiger partial charge is 0.381 e. The standard InChI is InChI=1S/C19H27N3O3S/c1-26-12-18(23)20-16-2-3-17-14-8-13(10-22(17)19(16)24)9-21(11-14)15-4-6-25-7-5-15/h2-3,13-15H,4-12H2,1H3,(H,20,23)/p+1/t13-,14+/m0/s1. The average molecular weight is 379 g/mol. The van der Waals surface area contributed by atoms with E-state index in [1.54, 1.807) is 11.0 Å². The highest BCUT2D eigenvalue weighted by Crippen LogP contribution is 2.31. The van der Waals surface area contributed by atoms with Crippen LogP contribution >= 0.6 is 11.8 Å². The first-order valence-electron chi connectivity index (χ1n) is 9.60. The highest BCUT2D eigenvalue weighted by atomic mass is 32.2. The van der Waals surface area contributed by atoms with E-state index in [-0.39, 0.29) is 11.5 Å². The number of nitrogens with one attached hydrogen (secondary N) is 2. The van der Waals surface area contributed by atoms with Crippen molar-refractivity contribution in [3.63, 3.8) is 0 Å². The van der Waals surface area contributed by atoms with Crippen molar-refractivity contribution < 1.29 is 14.4 Å². The number of rotatable bonds is 4. The van der Waals surface area contributed by atoms with Gasteiger partial charge in [0.25, 0.3) is 5.56 Å². The van der Waals surface area contributed by atoms with Gasteiger partial charge in [-0.3, -0.25) is 9.59 Å². The van der Waals surface area contributed by atoms with Crippen LogP contribution < -0.4 is 15.8 Å². The van der Waals surface area contributed by atoms with E-state index in [2.05, 4.69) is 11.4 Å². The fraction of sp³-hybridized carbons (Fsp3) is 0.684. The summed E-state index contributed by atoms with van der Waals surface area (Å²) in [4.78, 5) is 26.4. The van der Waals surface area contributed by atoms with Crippen LogP contribution in [0.4, 0.5) is 5.69 Å². The molecule has 26 heavy (non-hydrogen) atoms. The van der Waals surface area contributed by atoms with Crippen molar-refractivity contribution in [3.05, 3.63) is 28.2 Å². The van der Waals surface area contributed by atoms with Gasteiger partial charge in [0.2, 0.25) is 5.91 Å². The van der Waals surface area contributed by atoms with Gasteiger partial charge in [-0.15, -0.1) is 0 Å². The topological polar surface area (TPSA) is 64.8 Å². The van der Waals surface area contributed by atoms with Crippen LogP contribution in [-0.2, 0) is 16.1 Å². The Morgan fingerprint density at radius 3 is 2.92 bits per heavy atom. The van der Waals surface area contributed by atoms with Crippen molar-refractivity contribution >= 4 is 23.4 Å². The number of nitrogens with zero attached hydrogens (tertiary/aromatic N) is 1. The first-order valence-corrected chi connectivity index (χ1v) is 11.0. The van der Waals surface area contributed by atoms with E-state index in [1.165, 1.54) is 18.2 Å². The lowest BCUT2D eigenvalue weighted by Crippen LogP contribution is -3.18. The van der Waals surface area contributed by atoms with Crippen LogP contribution in [0.5, 0.6) is 0 Å². The normalized spacial score (nSPS) is 28.4. The predicted octanol–water partition coefficient (Wildman–Crippen LogP) is 0.331. The van der Waals surface area contributed by atoms with Gasteiger partial charge in [-0.1, -0.05) is 0 Å². The molecule has 1 aromatic heterocycles. The minimum atomic E-state index is -0.110. The Labute approximate surface area is 158 Å². The minimum absolute atomic E-state index is 0.0406. The smallest absolute Gasteiger partial charge is 0.274 e. The summed E-state index contributed by atoms with van der Waals surface area (Å²) in [6.07, 6.45) is 5.38. The number of aromatic nitrogens is 1. The Morgan fingerprint density at radius 1 is 1.35 bits per heavy atom. The molecule has 0 saturated carbocycles. The summed E-state index contributed by atoms with van der Waals surface area (Å²) in [5.74, 6) is 1.26. The van der Waals surface area contributed by atoms with Crippen LogP contribution in [0.3, 0.4) is 0 Å². The molecule has 4 rings (SSSR count). The molecule has 0 radical (unpaired) electrons. The number of likely N-dealkylation sites (tertiary alicyclic amines) is 1. The fourth-order valence-electron chi connectivity index (χ4n) is 4.95. The lowest BCUT2D eigenvalue weighted by Gasteiger charge is -2.44. The summed E-state index contributed by atoms with van der Waals surface area (Å²) in [7, 11) is 0. The van der Waals surface area contributed by atoms with E-state index in [0.717, 1.165) is 51.4 Å². The van der Waals surface area contributed by atoms with Crippen LogP contribution in [0, 0.1) is 5.92 Å². The number of anilines is 1. The molecule has 1 amide bonds. The zero-order chi connectivity index (χ0) is 18.1. The van der Waals surface area contributed by atoms with Gasteiger partial charge in [0.1, 0.15) is 5.69 Å². The first kappa shape index (κ1) is 18.1. The molecule has 3 atom stereocenters. The van der Waals surface area contributed by atoms with E-state index in [0.29, 0.717) is 29.3 Å². The summed E-state index contributed by atoms with van der Waals surface area (Å²) < 4.78 is 7.45. The maximum atomic E-state index is 12.9. The lowest BCUT2D eigenvalue weighted by molar-refractivity contribution is -0.937. The Morgan fingerprint density at radius 2 is 2.15 bits per heavy atom. The number of pyridine rings is 1. The molecule has 0 spiro atoms. The van der Waals surface area contributed by atoms with Crippen LogP contribution in [0.2, 0.25) is 0 Å². The fourth-order valence-corrected chi connectivity index (χ4v) is 5.29. The average Bonchev–Trinajstić information content (AvgIpc) is 2.65. The van der Waals surface area contributed by atoms with Crippen LogP contribution in [-0.4, -0.2) is 54.8 Å². The maximum absolute atomic E-state index is 12.9. The second kappa shape index (κ2) is 7.74. The van der Waals surface area contributed by atoms with Crippen molar-refractivity contribution in [1.29, 1.82) is 0 Å². The molecule has 4 heterocycles. The second-order valence-corrected chi connectivity index (χ2v) is 8.69. The molecule has 0 aliphatic carbocycles. The number of piperidine rings is 1. The van der Waals surface area contributed by atoms with Crippen LogP contribution in [0.15, 0.2) is 16.9 Å². The Balaban J connectivity index is 1.54. The van der Waals surface area contributed by atoms with Crippen molar-refractivity contribution in [1.82, 2.24) is 4.57 Å². The van der Waals surface area contributed by atoms with Gasteiger partial charge in [0.05, 0.1) is 38.1 Å². The van der Waals surface area contributed by atoms with Gasteiger partial charge >= 0.3 is 0 Å². The highest BCUT2D eigenvalue weighted by Gasteiger charge is 2.40. The van der Waals surface area contributed by atoms with Gasteiger partial charge in [0, 0.05) is 36.9 Å². The summed E-state index contributed by atoms with van der Waals surface area (Å²) in [6.45, 7) is 4.82. The van der Waals surface area contributed by atoms with Crippen molar-refractivity contribution in [2.75, 3.05) is 43.6 Å². The maximum Gasteiger partial charge on any atom is 0.274 e. The highest BCUT2D eigenvalue weighted by molar-refractivity contribution is 7.99. The molecule has 0 aromatic carbocycles. The monoisotopic (exact) mass is 378 g/mol.